The van der Waals surface area contributed by atoms with Gasteiger partial charge in [-0.1, -0.05) is 13.3 Å². The van der Waals surface area contributed by atoms with Crippen LogP contribution in [0.1, 0.15) is 35.9 Å². The van der Waals surface area contributed by atoms with Crippen LogP contribution in [0.5, 0.6) is 0 Å². The van der Waals surface area contributed by atoms with E-state index in [9.17, 15) is 19.7 Å². The second kappa shape index (κ2) is 11.2. The van der Waals surface area contributed by atoms with Gasteiger partial charge in [0.15, 0.2) is 5.76 Å². The summed E-state index contributed by atoms with van der Waals surface area (Å²) in [6, 6.07) is 9.33. The summed E-state index contributed by atoms with van der Waals surface area (Å²) in [4.78, 5) is 32.0. The van der Waals surface area contributed by atoms with Crippen molar-refractivity contribution >= 4 is 29.8 Å². The molecule has 1 saturated heterocycles. The van der Waals surface area contributed by atoms with Gasteiger partial charge in [-0.15, -0.1) is 0 Å². The number of hydrogen-bond acceptors (Lipinski definition) is 9. The van der Waals surface area contributed by atoms with Crippen LogP contribution in [0.3, 0.4) is 0 Å². The highest BCUT2D eigenvalue weighted by Crippen LogP contribution is 2.14. The Morgan fingerprint density at radius 1 is 1.33 bits per heavy atom. The molecule has 2 aromatic rings. The number of carbonyl (C=O) groups excluding carboxylic acids is 2. The lowest BCUT2D eigenvalue weighted by molar-refractivity contribution is -0.402. The molecule has 2 heterocycles. The smallest absolute Gasteiger partial charge is 0.433 e. The predicted molar refractivity (Wildman–Crippen MR) is 107 cm³/mol. The molecular formula is C19H22N4O7. The van der Waals surface area contributed by atoms with E-state index in [1.807, 2.05) is 0 Å². The number of esters is 1. The van der Waals surface area contributed by atoms with Gasteiger partial charge in [0.05, 0.1) is 31.0 Å². The maximum atomic E-state index is 11.4. The van der Waals surface area contributed by atoms with Gasteiger partial charge in [-0.3, -0.25) is 10.1 Å². The third-order valence-corrected chi connectivity index (χ3v) is 3.73. The van der Waals surface area contributed by atoms with Gasteiger partial charge in [0.25, 0.3) is 0 Å². The third kappa shape index (κ3) is 6.93. The Bertz CT molecular complexity index is 893. The zero-order valence-corrected chi connectivity index (χ0v) is 16.4. The Morgan fingerprint density at radius 3 is 2.63 bits per heavy atom. The average molecular weight is 418 g/mol. The zero-order chi connectivity index (χ0) is 21.9. The van der Waals surface area contributed by atoms with E-state index < -0.39 is 11.0 Å². The molecule has 2 N–H and O–H groups in total. The van der Waals surface area contributed by atoms with Crippen molar-refractivity contribution in [1.82, 2.24) is 5.01 Å². The van der Waals surface area contributed by atoms with Crippen molar-refractivity contribution in [3.63, 3.8) is 0 Å². The Labute approximate surface area is 172 Å². The van der Waals surface area contributed by atoms with E-state index in [0.717, 1.165) is 17.9 Å². The normalized spacial score (nSPS) is 13.0. The molecule has 1 aliphatic rings. The van der Waals surface area contributed by atoms with Gasteiger partial charge in [0.1, 0.15) is 11.5 Å². The maximum absolute atomic E-state index is 11.4. The fourth-order valence-electron chi connectivity index (χ4n) is 2.14. The lowest BCUT2D eigenvalue weighted by Crippen LogP contribution is -2.17. The first-order valence-corrected chi connectivity index (χ1v) is 9.16. The van der Waals surface area contributed by atoms with E-state index in [1.54, 1.807) is 24.3 Å². The van der Waals surface area contributed by atoms with Crippen LogP contribution in [0.15, 0.2) is 45.9 Å². The van der Waals surface area contributed by atoms with Gasteiger partial charge in [-0.05, 0) is 36.8 Å². The summed E-state index contributed by atoms with van der Waals surface area (Å²) in [7, 11) is 0. The lowest BCUT2D eigenvalue weighted by atomic mass is 10.2. The number of furan rings is 1. The molecule has 1 fully saturated rings. The number of cyclic esters (lactones) is 1. The number of rotatable bonds is 7. The Morgan fingerprint density at radius 2 is 2.07 bits per heavy atom. The summed E-state index contributed by atoms with van der Waals surface area (Å²) in [5.74, 6) is -0.449. The van der Waals surface area contributed by atoms with Crippen LogP contribution in [-0.2, 0) is 9.47 Å². The van der Waals surface area contributed by atoms with E-state index in [4.69, 9.17) is 14.9 Å². The van der Waals surface area contributed by atoms with Crippen molar-refractivity contribution in [2.24, 2.45) is 5.10 Å². The van der Waals surface area contributed by atoms with Crippen LogP contribution in [0.25, 0.3) is 0 Å². The molecular weight excluding hydrogens is 396 g/mol. The summed E-state index contributed by atoms with van der Waals surface area (Å²) < 4.78 is 14.5. The summed E-state index contributed by atoms with van der Waals surface area (Å²) in [5.41, 5.74) is 6.70. The first kappa shape index (κ1) is 22.4. The van der Waals surface area contributed by atoms with Gasteiger partial charge in [0.2, 0.25) is 0 Å². The summed E-state index contributed by atoms with van der Waals surface area (Å²) >= 11 is 0. The highest BCUT2D eigenvalue weighted by molar-refractivity contribution is 5.89. The molecule has 1 amide bonds. The number of nitrogens with zero attached hydrogens (tertiary/aromatic N) is 3. The maximum Gasteiger partial charge on any atom is 0.433 e. The van der Waals surface area contributed by atoms with Crippen LogP contribution in [0.2, 0.25) is 0 Å². The number of hydrogen-bond donors (Lipinski definition) is 1. The molecule has 1 aromatic carbocycles. The van der Waals surface area contributed by atoms with Crippen molar-refractivity contribution < 1.29 is 28.4 Å². The number of carbonyl (C=O) groups is 2. The molecule has 0 atom stereocenters. The minimum absolute atomic E-state index is 0.200. The largest absolute Gasteiger partial charge is 0.462 e. The van der Waals surface area contributed by atoms with Crippen molar-refractivity contribution in [3.8, 4) is 0 Å². The second-order valence-electron chi connectivity index (χ2n) is 6.03. The van der Waals surface area contributed by atoms with Gasteiger partial charge in [-0.2, -0.15) is 10.1 Å². The highest BCUT2D eigenvalue weighted by Gasteiger charge is 2.21. The molecule has 0 spiro atoms. The number of hydrazone groups is 1. The number of nitrogens with two attached hydrogens (primary N) is 1. The van der Waals surface area contributed by atoms with Gasteiger partial charge in [-0.25, -0.2) is 9.59 Å². The monoisotopic (exact) mass is 418 g/mol. The minimum atomic E-state index is -0.651. The zero-order valence-electron chi connectivity index (χ0n) is 16.4. The number of unbranched alkanes of at least 4 members (excludes halogenated alkanes) is 1. The molecule has 0 aliphatic carbocycles. The van der Waals surface area contributed by atoms with Crippen LogP contribution in [0, 0.1) is 10.1 Å². The topological polar surface area (TPSA) is 150 Å². The highest BCUT2D eigenvalue weighted by atomic mass is 16.6. The van der Waals surface area contributed by atoms with Gasteiger partial charge in [0, 0.05) is 5.69 Å². The lowest BCUT2D eigenvalue weighted by Gasteiger charge is -2.03. The molecule has 11 heteroatoms. The number of nitrogen functional groups attached to an aromatic ring is 1. The standard InChI is InChI=1S/C11H15NO2.C8H7N3O5/c1-2-3-8-14-11(13)9-4-6-10(12)7-5-9;12-8-10(3-4-15-8)9-5-6-1-2-7(16-6)11(13)14/h4-7H,2-3,8,12H2,1H3;1-2,5H,3-4H2. The Balaban J connectivity index is 0.000000216. The average Bonchev–Trinajstić information content (AvgIpc) is 3.36. The molecule has 0 bridgehead atoms. The van der Waals surface area contributed by atoms with Crippen LogP contribution in [-0.4, -0.2) is 48.0 Å². The van der Waals surface area contributed by atoms with E-state index in [1.165, 1.54) is 18.3 Å². The number of ether oxygens (including phenoxy) is 2. The molecule has 0 radical (unpaired) electrons. The van der Waals surface area contributed by atoms with Gasteiger partial charge < -0.3 is 19.6 Å². The molecule has 0 unspecified atom stereocenters. The summed E-state index contributed by atoms with van der Waals surface area (Å²) in [5, 5.41) is 15.2. The van der Waals surface area contributed by atoms with Crippen molar-refractivity contribution in [1.29, 1.82) is 0 Å². The summed E-state index contributed by atoms with van der Waals surface area (Å²) in [6.45, 7) is 3.18. The van der Waals surface area contributed by atoms with Crippen LogP contribution < -0.4 is 5.73 Å². The summed E-state index contributed by atoms with van der Waals surface area (Å²) in [6.07, 6.45) is 2.60. The van der Waals surface area contributed by atoms with E-state index in [0.29, 0.717) is 24.4 Å². The predicted octanol–water partition coefficient (Wildman–Crippen LogP) is 3.20. The minimum Gasteiger partial charge on any atom is -0.462 e. The first-order chi connectivity index (χ1) is 14.4. The van der Waals surface area contributed by atoms with E-state index >= 15 is 0 Å². The molecule has 3 rings (SSSR count). The first-order valence-electron chi connectivity index (χ1n) is 9.16. The SMILES string of the molecule is CCCCOC(=O)c1ccc(N)cc1.O=C1OCCN1N=Cc1ccc([N+](=O)[O-])o1. The van der Waals surface area contributed by atoms with Crippen molar-refractivity contribution in [2.45, 2.75) is 19.8 Å². The number of nitro groups is 1. The molecule has 1 aromatic heterocycles. The Hall–Kier alpha value is -3.89. The fraction of sp³-hybridized carbons (Fsp3) is 0.316. The number of amides is 1. The van der Waals surface area contributed by atoms with Gasteiger partial charge >= 0.3 is 17.9 Å². The Kier molecular flexibility index (Phi) is 8.36. The molecule has 160 valence electrons. The second-order valence-corrected chi connectivity index (χ2v) is 6.03. The quantitative estimate of drug-likeness (QED) is 0.180. The molecule has 0 saturated carbocycles. The van der Waals surface area contributed by atoms with Crippen LogP contribution >= 0.6 is 0 Å². The van der Waals surface area contributed by atoms with Crippen molar-refractivity contribution in [2.75, 3.05) is 25.5 Å². The number of anilines is 1. The van der Waals surface area contributed by atoms with Crippen LogP contribution in [0.4, 0.5) is 16.4 Å². The van der Waals surface area contributed by atoms with E-state index in [-0.39, 0.29) is 24.2 Å². The molecule has 1 aliphatic heterocycles. The number of benzene rings is 1. The molecule has 30 heavy (non-hydrogen) atoms. The molecule has 11 nitrogen and oxygen atoms in total. The third-order valence-electron chi connectivity index (χ3n) is 3.73. The van der Waals surface area contributed by atoms with Crippen molar-refractivity contribution in [3.05, 3.63) is 57.8 Å². The fourth-order valence-corrected chi connectivity index (χ4v) is 2.14. The van der Waals surface area contributed by atoms with E-state index in [2.05, 4.69) is 16.8 Å².